The van der Waals surface area contributed by atoms with Crippen LogP contribution in [0.25, 0.3) is 5.69 Å². The molecule has 1 heterocycles. The standard InChI is InChI=1S/C18H9F4N3O3/c19-12-6-10(9-23)14(28-11-4-2-1-3-5-11)7-13(12)25-16(26)8-15(18(20,21)22)24-17(25)27/h1-8H,(H,24,27). The Kier molecular flexibility index (Phi) is 4.75. The van der Waals surface area contributed by atoms with E-state index in [4.69, 9.17) is 10.00 Å². The van der Waals surface area contributed by atoms with Gasteiger partial charge in [0, 0.05) is 12.1 Å². The van der Waals surface area contributed by atoms with E-state index in [-0.39, 0.29) is 27.7 Å². The fourth-order valence-corrected chi connectivity index (χ4v) is 2.38. The lowest BCUT2D eigenvalue weighted by molar-refractivity contribution is -0.141. The van der Waals surface area contributed by atoms with Crippen LogP contribution in [0.4, 0.5) is 17.6 Å². The lowest BCUT2D eigenvalue weighted by atomic mass is 10.1. The van der Waals surface area contributed by atoms with Gasteiger partial charge in [-0.1, -0.05) is 18.2 Å². The number of hydrogen-bond acceptors (Lipinski definition) is 4. The number of halogens is 4. The van der Waals surface area contributed by atoms with Crippen molar-refractivity contribution in [1.29, 1.82) is 5.26 Å². The molecule has 0 saturated carbocycles. The second kappa shape index (κ2) is 7.03. The van der Waals surface area contributed by atoms with Crippen LogP contribution in [0.15, 0.2) is 58.1 Å². The number of H-pyrrole nitrogens is 1. The number of para-hydroxylation sites is 1. The number of rotatable bonds is 3. The average Bonchev–Trinajstić information content (AvgIpc) is 2.63. The molecular formula is C18H9F4N3O3. The van der Waals surface area contributed by atoms with Gasteiger partial charge in [0.1, 0.15) is 29.1 Å². The van der Waals surface area contributed by atoms with Crippen LogP contribution in [0.1, 0.15) is 11.3 Å². The Morgan fingerprint density at radius 3 is 2.32 bits per heavy atom. The number of aromatic nitrogens is 2. The van der Waals surface area contributed by atoms with Crippen LogP contribution in [0.2, 0.25) is 0 Å². The predicted molar refractivity (Wildman–Crippen MR) is 88.9 cm³/mol. The van der Waals surface area contributed by atoms with E-state index in [1.165, 1.54) is 4.98 Å². The third-order valence-electron chi connectivity index (χ3n) is 3.62. The third-order valence-corrected chi connectivity index (χ3v) is 3.62. The molecule has 1 N–H and O–H groups in total. The van der Waals surface area contributed by atoms with Crippen LogP contribution in [-0.4, -0.2) is 9.55 Å². The van der Waals surface area contributed by atoms with Crippen molar-refractivity contribution in [2.75, 3.05) is 0 Å². The summed E-state index contributed by atoms with van der Waals surface area (Å²) < 4.78 is 58.2. The van der Waals surface area contributed by atoms with Crippen molar-refractivity contribution in [1.82, 2.24) is 9.55 Å². The van der Waals surface area contributed by atoms with E-state index in [2.05, 4.69) is 0 Å². The minimum Gasteiger partial charge on any atom is -0.456 e. The first-order chi connectivity index (χ1) is 13.2. The topological polar surface area (TPSA) is 87.9 Å². The molecule has 0 saturated heterocycles. The highest BCUT2D eigenvalue weighted by atomic mass is 19.4. The zero-order valence-corrected chi connectivity index (χ0v) is 13.7. The van der Waals surface area contributed by atoms with Gasteiger partial charge < -0.3 is 9.72 Å². The highest BCUT2D eigenvalue weighted by Gasteiger charge is 2.33. The van der Waals surface area contributed by atoms with Gasteiger partial charge in [0.25, 0.3) is 5.56 Å². The van der Waals surface area contributed by atoms with Crippen LogP contribution in [-0.2, 0) is 6.18 Å². The Hall–Kier alpha value is -3.87. The zero-order valence-electron chi connectivity index (χ0n) is 13.7. The number of benzene rings is 2. The molecule has 0 aliphatic heterocycles. The van der Waals surface area contributed by atoms with Crippen LogP contribution in [0, 0.1) is 17.1 Å². The first-order valence-corrected chi connectivity index (χ1v) is 7.61. The van der Waals surface area contributed by atoms with Gasteiger partial charge in [-0.2, -0.15) is 18.4 Å². The van der Waals surface area contributed by atoms with Crippen molar-refractivity contribution in [3.8, 4) is 23.3 Å². The van der Waals surface area contributed by atoms with Crippen molar-refractivity contribution in [2.24, 2.45) is 0 Å². The maximum atomic E-state index is 14.4. The average molecular weight is 391 g/mol. The minimum absolute atomic E-state index is 0.136. The largest absolute Gasteiger partial charge is 0.456 e. The van der Waals surface area contributed by atoms with Gasteiger partial charge in [0.15, 0.2) is 0 Å². The number of nitriles is 1. The van der Waals surface area contributed by atoms with Gasteiger partial charge in [-0.3, -0.25) is 4.79 Å². The monoisotopic (exact) mass is 391 g/mol. The molecule has 0 aliphatic rings. The molecule has 0 unspecified atom stereocenters. The zero-order chi connectivity index (χ0) is 20.5. The molecule has 0 aliphatic carbocycles. The summed E-state index contributed by atoms with van der Waals surface area (Å²) in [6, 6.07) is 11.5. The van der Waals surface area contributed by atoms with E-state index in [1.54, 1.807) is 36.4 Å². The van der Waals surface area contributed by atoms with Crippen molar-refractivity contribution in [3.63, 3.8) is 0 Å². The van der Waals surface area contributed by atoms with Gasteiger partial charge in [0.2, 0.25) is 0 Å². The maximum absolute atomic E-state index is 14.4. The molecule has 0 fully saturated rings. The third kappa shape index (κ3) is 3.64. The van der Waals surface area contributed by atoms with E-state index in [1.807, 2.05) is 0 Å². The van der Waals surface area contributed by atoms with Crippen LogP contribution < -0.4 is 16.0 Å². The lowest BCUT2D eigenvalue weighted by Gasteiger charge is -2.12. The van der Waals surface area contributed by atoms with Crippen molar-refractivity contribution < 1.29 is 22.3 Å². The molecule has 0 radical (unpaired) electrons. The van der Waals surface area contributed by atoms with Gasteiger partial charge >= 0.3 is 11.9 Å². The van der Waals surface area contributed by atoms with Crippen LogP contribution >= 0.6 is 0 Å². The van der Waals surface area contributed by atoms with Crippen LogP contribution in [0.3, 0.4) is 0 Å². The summed E-state index contributed by atoms with van der Waals surface area (Å²) in [7, 11) is 0. The summed E-state index contributed by atoms with van der Waals surface area (Å²) in [6.45, 7) is 0. The summed E-state index contributed by atoms with van der Waals surface area (Å²) in [5.74, 6) is -1.06. The van der Waals surface area contributed by atoms with E-state index >= 15 is 0 Å². The van der Waals surface area contributed by atoms with Gasteiger partial charge in [0.05, 0.1) is 11.3 Å². The highest BCUT2D eigenvalue weighted by molar-refractivity contribution is 5.52. The molecule has 0 spiro atoms. The minimum atomic E-state index is -4.96. The number of hydrogen-bond donors (Lipinski definition) is 1. The molecule has 1 aromatic heterocycles. The summed E-state index contributed by atoms with van der Waals surface area (Å²) in [5.41, 5.74) is -5.35. The molecule has 10 heteroatoms. The van der Waals surface area contributed by atoms with Crippen LogP contribution in [0.5, 0.6) is 11.5 Å². The molecule has 3 rings (SSSR count). The quantitative estimate of drug-likeness (QED) is 0.694. The normalized spacial score (nSPS) is 11.1. The molecule has 0 atom stereocenters. The molecule has 0 bridgehead atoms. The molecule has 28 heavy (non-hydrogen) atoms. The maximum Gasteiger partial charge on any atom is 0.431 e. The lowest BCUT2D eigenvalue weighted by Crippen LogP contribution is -2.36. The molecule has 6 nitrogen and oxygen atoms in total. The van der Waals surface area contributed by atoms with E-state index in [0.29, 0.717) is 0 Å². The van der Waals surface area contributed by atoms with Gasteiger partial charge in [-0.05, 0) is 18.2 Å². The Balaban J connectivity index is 2.18. The van der Waals surface area contributed by atoms with E-state index < -0.39 is 34.6 Å². The summed E-state index contributed by atoms with van der Waals surface area (Å²) in [5, 5.41) is 9.16. The number of ether oxygens (including phenoxy) is 1. The first-order valence-electron chi connectivity index (χ1n) is 7.61. The van der Waals surface area contributed by atoms with Crippen molar-refractivity contribution in [2.45, 2.75) is 6.18 Å². The highest BCUT2D eigenvalue weighted by Crippen LogP contribution is 2.29. The first kappa shape index (κ1) is 18.9. The van der Waals surface area contributed by atoms with Gasteiger partial charge in [-0.25, -0.2) is 13.8 Å². The second-order valence-electron chi connectivity index (χ2n) is 5.49. The van der Waals surface area contributed by atoms with E-state index in [0.717, 1.165) is 12.1 Å². The number of aromatic amines is 1. The van der Waals surface area contributed by atoms with E-state index in [9.17, 15) is 27.2 Å². The molecular weight excluding hydrogens is 382 g/mol. The molecule has 142 valence electrons. The Bertz CT molecular complexity index is 1160. The number of alkyl halides is 3. The predicted octanol–water partition coefficient (Wildman–Crippen LogP) is 3.35. The van der Waals surface area contributed by atoms with Gasteiger partial charge in [-0.15, -0.1) is 0 Å². The van der Waals surface area contributed by atoms with Crippen molar-refractivity contribution >= 4 is 0 Å². The SMILES string of the molecule is N#Cc1cc(F)c(-n2c(=O)cc(C(F)(F)F)[nH]c2=O)cc1Oc1ccccc1. The number of nitrogens with zero attached hydrogens (tertiary/aromatic N) is 2. The smallest absolute Gasteiger partial charge is 0.431 e. The summed E-state index contributed by atoms with van der Waals surface area (Å²) >= 11 is 0. The Morgan fingerprint density at radius 2 is 1.75 bits per heavy atom. The summed E-state index contributed by atoms with van der Waals surface area (Å²) in [6.07, 6.45) is -4.96. The summed E-state index contributed by atoms with van der Waals surface area (Å²) in [4.78, 5) is 25.6. The fraction of sp³-hybridized carbons (Fsp3) is 0.0556. The second-order valence-corrected chi connectivity index (χ2v) is 5.49. The molecule has 2 aromatic carbocycles. The Labute approximate surface area is 153 Å². The Morgan fingerprint density at radius 1 is 1.07 bits per heavy atom. The fourth-order valence-electron chi connectivity index (χ4n) is 2.38. The molecule has 3 aromatic rings. The number of nitrogens with one attached hydrogen (secondary N) is 1. The molecule has 0 amide bonds. The van der Waals surface area contributed by atoms with Crippen molar-refractivity contribution in [3.05, 3.63) is 86.4 Å².